The van der Waals surface area contributed by atoms with Crippen LogP contribution in [-0.2, 0) is 6.42 Å². The Morgan fingerprint density at radius 1 is 1.30 bits per heavy atom. The number of fused-ring (bicyclic) bond motifs is 1. The minimum Gasteiger partial charge on any atom is -0.454 e. The van der Waals surface area contributed by atoms with Gasteiger partial charge in [-0.25, -0.2) is 0 Å². The molecule has 3 N–H and O–H groups in total. The lowest BCUT2D eigenvalue weighted by Gasteiger charge is -1.99. The van der Waals surface area contributed by atoms with E-state index in [2.05, 4.69) is 32.7 Å². The van der Waals surface area contributed by atoms with Gasteiger partial charge in [0.1, 0.15) is 0 Å². The Labute approximate surface area is 142 Å². The number of allylic oxidation sites excluding steroid dienone is 4. The van der Waals surface area contributed by atoms with Gasteiger partial charge in [0, 0.05) is 17.7 Å². The van der Waals surface area contributed by atoms with Gasteiger partial charge in [0.25, 0.3) is 0 Å². The molecule has 2 aromatic rings. The predicted octanol–water partition coefficient (Wildman–Crippen LogP) is 3.66. The second-order valence-corrected chi connectivity index (χ2v) is 5.94. The maximum atomic E-state index is 5.57. The third-order valence-electron chi connectivity index (χ3n) is 3.41. The lowest BCUT2D eigenvalue weighted by Crippen LogP contribution is -1.92. The van der Waals surface area contributed by atoms with Gasteiger partial charge in [-0.3, -0.25) is 5.10 Å². The van der Waals surface area contributed by atoms with Gasteiger partial charge in [-0.1, -0.05) is 18.7 Å². The topological polar surface area (TPSA) is 73.2 Å². The summed E-state index contributed by atoms with van der Waals surface area (Å²) in [6.07, 6.45) is 6.19. The van der Waals surface area contributed by atoms with Crippen LogP contribution in [0.5, 0.6) is 11.5 Å². The molecule has 0 saturated heterocycles. The summed E-state index contributed by atoms with van der Waals surface area (Å²) in [4.78, 5) is 0. The van der Waals surface area contributed by atoms with E-state index < -0.39 is 0 Å². The monoisotopic (exact) mass is 373 g/mol. The fraction of sp³-hybridized carbons (Fsp3) is 0.118. The fourth-order valence-electron chi connectivity index (χ4n) is 2.26. The number of aromatic amines is 1. The van der Waals surface area contributed by atoms with Crippen LogP contribution < -0.4 is 15.2 Å². The smallest absolute Gasteiger partial charge is 0.231 e. The molecule has 0 aliphatic carbocycles. The number of H-pyrrole nitrogens is 1. The Morgan fingerprint density at radius 2 is 2.13 bits per heavy atom. The average Bonchev–Trinajstić information content (AvgIpc) is 3.19. The van der Waals surface area contributed by atoms with Gasteiger partial charge in [0.2, 0.25) is 6.79 Å². The quantitative estimate of drug-likeness (QED) is 0.619. The average molecular weight is 374 g/mol. The highest BCUT2D eigenvalue weighted by molar-refractivity contribution is 9.11. The second-order valence-electron chi connectivity index (χ2n) is 5.02. The molecule has 23 heavy (non-hydrogen) atoms. The van der Waals surface area contributed by atoms with Crippen molar-refractivity contribution in [3.05, 3.63) is 64.9 Å². The van der Waals surface area contributed by atoms with E-state index in [0.717, 1.165) is 34.0 Å². The number of hydrogen-bond donors (Lipinski definition) is 2. The Balaban J connectivity index is 1.79. The van der Waals surface area contributed by atoms with E-state index >= 15 is 0 Å². The highest BCUT2D eigenvalue weighted by Crippen LogP contribution is 2.35. The Bertz CT molecular complexity index is 789. The molecule has 5 nitrogen and oxygen atoms in total. The van der Waals surface area contributed by atoms with Crippen molar-refractivity contribution in [1.29, 1.82) is 0 Å². The Hall–Kier alpha value is -2.47. The standard InChI is InChI=1S/C17H16BrN3O2/c1-2-11(3-6-17(18)19)7-13-9-14(21-20-13)12-4-5-15-16(8-12)23-10-22-15/h2-6,8-9H,1,7,10,19H2,(H,20,21)/b11-3+,17-6-. The van der Waals surface area contributed by atoms with Gasteiger partial charge < -0.3 is 15.2 Å². The molecule has 0 radical (unpaired) electrons. The number of nitrogens with two attached hydrogens (primary N) is 1. The van der Waals surface area contributed by atoms with E-state index in [0.29, 0.717) is 11.0 Å². The van der Waals surface area contributed by atoms with E-state index in [1.807, 2.05) is 30.3 Å². The molecule has 1 aliphatic heterocycles. The van der Waals surface area contributed by atoms with Crippen LogP contribution in [0.4, 0.5) is 0 Å². The van der Waals surface area contributed by atoms with E-state index in [-0.39, 0.29) is 6.79 Å². The van der Waals surface area contributed by atoms with Crippen LogP contribution in [0.15, 0.2) is 59.3 Å². The maximum absolute atomic E-state index is 5.57. The van der Waals surface area contributed by atoms with Gasteiger partial charge in [0.05, 0.1) is 10.3 Å². The minimum atomic E-state index is 0.266. The number of halogens is 1. The molecule has 0 saturated carbocycles. The molecule has 1 aromatic heterocycles. The maximum Gasteiger partial charge on any atom is 0.231 e. The summed E-state index contributed by atoms with van der Waals surface area (Å²) in [5.41, 5.74) is 9.43. The molecule has 0 spiro atoms. The summed E-state index contributed by atoms with van der Waals surface area (Å²) >= 11 is 3.19. The molecule has 118 valence electrons. The van der Waals surface area contributed by atoms with Crippen LogP contribution >= 0.6 is 15.9 Å². The SMILES string of the molecule is C=C/C(=C\C=C(/N)Br)Cc1cc(-c2ccc3c(c2)OCO3)n[nH]1. The zero-order valence-corrected chi connectivity index (χ0v) is 14.0. The fourth-order valence-corrected chi connectivity index (χ4v) is 2.39. The molecule has 2 heterocycles. The third-order valence-corrected chi connectivity index (χ3v) is 3.68. The molecule has 1 aliphatic rings. The van der Waals surface area contributed by atoms with Gasteiger partial charge in [0.15, 0.2) is 11.5 Å². The Kier molecular flexibility index (Phi) is 4.52. The second kappa shape index (κ2) is 6.75. The summed E-state index contributed by atoms with van der Waals surface area (Å²) in [5, 5.41) is 7.41. The number of ether oxygens (including phenoxy) is 2. The minimum absolute atomic E-state index is 0.266. The number of benzene rings is 1. The van der Waals surface area contributed by atoms with Crippen molar-refractivity contribution < 1.29 is 9.47 Å². The number of nitrogens with one attached hydrogen (secondary N) is 1. The molecule has 0 fully saturated rings. The first-order valence-corrected chi connectivity index (χ1v) is 7.83. The predicted molar refractivity (Wildman–Crippen MR) is 93.3 cm³/mol. The van der Waals surface area contributed by atoms with Crippen LogP contribution in [0.25, 0.3) is 11.3 Å². The van der Waals surface area contributed by atoms with Crippen LogP contribution in [0.1, 0.15) is 5.69 Å². The van der Waals surface area contributed by atoms with Crippen LogP contribution in [0.2, 0.25) is 0 Å². The number of rotatable bonds is 5. The summed E-state index contributed by atoms with van der Waals surface area (Å²) in [7, 11) is 0. The van der Waals surface area contributed by atoms with Crippen molar-refractivity contribution in [1.82, 2.24) is 10.2 Å². The first-order valence-electron chi connectivity index (χ1n) is 7.04. The Morgan fingerprint density at radius 3 is 2.91 bits per heavy atom. The lowest BCUT2D eigenvalue weighted by molar-refractivity contribution is 0.174. The summed E-state index contributed by atoms with van der Waals surface area (Å²) < 4.78 is 11.3. The van der Waals surface area contributed by atoms with Crippen LogP contribution in [0, 0.1) is 0 Å². The van der Waals surface area contributed by atoms with E-state index in [9.17, 15) is 0 Å². The molecular formula is C17H16BrN3O2. The normalized spacial score (nSPS) is 14.1. The molecule has 1 aromatic carbocycles. The lowest BCUT2D eigenvalue weighted by atomic mass is 10.1. The van der Waals surface area contributed by atoms with Crippen molar-refractivity contribution in [2.45, 2.75) is 6.42 Å². The van der Waals surface area contributed by atoms with Crippen LogP contribution in [-0.4, -0.2) is 17.0 Å². The van der Waals surface area contributed by atoms with Crippen molar-refractivity contribution in [3.63, 3.8) is 0 Å². The van der Waals surface area contributed by atoms with Crippen molar-refractivity contribution in [3.8, 4) is 22.8 Å². The number of aromatic nitrogens is 2. The zero-order valence-electron chi connectivity index (χ0n) is 12.4. The summed E-state index contributed by atoms with van der Waals surface area (Å²) in [5.74, 6) is 1.51. The number of nitrogens with zero attached hydrogens (tertiary/aromatic N) is 1. The summed E-state index contributed by atoms with van der Waals surface area (Å²) in [6.45, 7) is 4.09. The largest absolute Gasteiger partial charge is 0.454 e. The molecule has 0 atom stereocenters. The number of hydrogen-bond acceptors (Lipinski definition) is 4. The molecule has 6 heteroatoms. The first-order chi connectivity index (χ1) is 11.2. The molecule has 0 bridgehead atoms. The van der Waals surface area contributed by atoms with Crippen LogP contribution in [0.3, 0.4) is 0 Å². The highest BCUT2D eigenvalue weighted by atomic mass is 79.9. The first kappa shape index (κ1) is 15.4. The zero-order chi connectivity index (χ0) is 16.2. The molecule has 3 rings (SSSR count). The molecule has 0 amide bonds. The van der Waals surface area contributed by atoms with Gasteiger partial charge in [-0.15, -0.1) is 0 Å². The molecule has 0 unspecified atom stereocenters. The molecular weight excluding hydrogens is 358 g/mol. The van der Waals surface area contributed by atoms with Crippen molar-refractivity contribution in [2.75, 3.05) is 6.79 Å². The van der Waals surface area contributed by atoms with Crippen molar-refractivity contribution in [2.24, 2.45) is 5.73 Å². The summed E-state index contributed by atoms with van der Waals surface area (Å²) in [6, 6.07) is 7.80. The van der Waals surface area contributed by atoms with Gasteiger partial charge in [-0.05, 0) is 51.8 Å². The van der Waals surface area contributed by atoms with Gasteiger partial charge in [-0.2, -0.15) is 5.10 Å². The van der Waals surface area contributed by atoms with Gasteiger partial charge >= 0.3 is 0 Å². The third kappa shape index (κ3) is 3.65. The highest BCUT2D eigenvalue weighted by Gasteiger charge is 2.15. The van der Waals surface area contributed by atoms with E-state index in [1.54, 1.807) is 12.2 Å². The van der Waals surface area contributed by atoms with E-state index in [4.69, 9.17) is 15.2 Å². The van der Waals surface area contributed by atoms with Crippen molar-refractivity contribution >= 4 is 15.9 Å². The van der Waals surface area contributed by atoms with E-state index in [1.165, 1.54) is 0 Å².